The molecule has 0 bridgehead atoms. The summed E-state index contributed by atoms with van der Waals surface area (Å²) < 4.78 is 37.7. The summed E-state index contributed by atoms with van der Waals surface area (Å²) in [5.74, 6) is -0.404. The predicted octanol–water partition coefficient (Wildman–Crippen LogP) is 2.63. The van der Waals surface area contributed by atoms with Gasteiger partial charge in [-0.1, -0.05) is 15.9 Å². The molecule has 0 saturated carbocycles. The number of rotatable bonds is 3. The van der Waals surface area contributed by atoms with Crippen molar-refractivity contribution < 1.29 is 18.0 Å². The first-order chi connectivity index (χ1) is 7.82. The third-order valence-corrected chi connectivity index (χ3v) is 2.30. The highest BCUT2D eigenvalue weighted by atomic mass is 79.9. The topological polar surface area (TPSA) is 41.1 Å². The normalized spacial score (nSPS) is 11.4. The van der Waals surface area contributed by atoms with E-state index in [1.165, 1.54) is 6.07 Å². The van der Waals surface area contributed by atoms with E-state index in [1.807, 2.05) is 0 Å². The van der Waals surface area contributed by atoms with Gasteiger partial charge in [-0.25, -0.2) is 0 Å². The fourth-order valence-electron chi connectivity index (χ4n) is 1.19. The molecule has 3 nitrogen and oxygen atoms in total. The number of nitrogens with one attached hydrogen (secondary N) is 2. The van der Waals surface area contributed by atoms with E-state index in [1.54, 1.807) is 7.05 Å². The number of carbonyl (C=O) groups excluding carboxylic acids is 1. The fraction of sp³-hybridized carbons (Fsp3) is 0.300. The maximum Gasteiger partial charge on any atom is 0.416 e. The third-order valence-electron chi connectivity index (χ3n) is 1.85. The molecule has 17 heavy (non-hydrogen) atoms. The average Bonchev–Trinajstić information content (AvgIpc) is 2.15. The second-order valence-corrected chi connectivity index (χ2v) is 4.22. The van der Waals surface area contributed by atoms with Gasteiger partial charge in [-0.2, -0.15) is 13.2 Å². The monoisotopic (exact) mass is 310 g/mol. The van der Waals surface area contributed by atoms with Crippen molar-refractivity contribution in [3.63, 3.8) is 0 Å². The molecule has 0 heterocycles. The van der Waals surface area contributed by atoms with Crippen molar-refractivity contribution in [3.8, 4) is 0 Å². The van der Waals surface area contributed by atoms with Gasteiger partial charge in [0.2, 0.25) is 5.91 Å². The van der Waals surface area contributed by atoms with E-state index < -0.39 is 17.6 Å². The van der Waals surface area contributed by atoms with Crippen LogP contribution in [-0.4, -0.2) is 19.5 Å². The molecule has 0 aromatic heterocycles. The quantitative estimate of drug-likeness (QED) is 0.901. The van der Waals surface area contributed by atoms with Gasteiger partial charge in [-0.15, -0.1) is 0 Å². The second kappa shape index (κ2) is 5.50. The van der Waals surface area contributed by atoms with Crippen molar-refractivity contribution in [2.75, 3.05) is 18.9 Å². The van der Waals surface area contributed by atoms with Crippen LogP contribution in [0, 0.1) is 0 Å². The molecule has 0 unspecified atom stereocenters. The molecule has 0 aliphatic heterocycles. The lowest BCUT2D eigenvalue weighted by Crippen LogP contribution is -2.25. The van der Waals surface area contributed by atoms with Crippen LogP contribution >= 0.6 is 15.9 Å². The van der Waals surface area contributed by atoms with Gasteiger partial charge in [0.1, 0.15) is 0 Å². The summed E-state index contributed by atoms with van der Waals surface area (Å²) in [7, 11) is 1.57. The minimum absolute atomic E-state index is 0.0356. The Labute approximate surface area is 105 Å². The van der Waals surface area contributed by atoms with Gasteiger partial charge in [0.05, 0.1) is 12.1 Å². The minimum Gasteiger partial charge on any atom is -0.325 e. The van der Waals surface area contributed by atoms with E-state index in [-0.39, 0.29) is 16.7 Å². The molecule has 0 saturated heterocycles. The van der Waals surface area contributed by atoms with E-state index in [9.17, 15) is 18.0 Å². The van der Waals surface area contributed by atoms with Crippen LogP contribution in [0.5, 0.6) is 0 Å². The Morgan fingerprint density at radius 3 is 2.53 bits per heavy atom. The Morgan fingerprint density at radius 1 is 1.35 bits per heavy atom. The Balaban J connectivity index is 2.94. The van der Waals surface area contributed by atoms with Crippen molar-refractivity contribution in [2.45, 2.75) is 6.18 Å². The van der Waals surface area contributed by atoms with Gasteiger partial charge in [0.25, 0.3) is 0 Å². The molecule has 94 valence electrons. The van der Waals surface area contributed by atoms with Crippen molar-refractivity contribution >= 4 is 27.5 Å². The van der Waals surface area contributed by atoms with Crippen LogP contribution in [0.15, 0.2) is 22.7 Å². The lowest BCUT2D eigenvalue weighted by atomic mass is 10.2. The first-order valence-corrected chi connectivity index (χ1v) is 5.44. The molecule has 1 rings (SSSR count). The van der Waals surface area contributed by atoms with Gasteiger partial charge in [0.15, 0.2) is 0 Å². The van der Waals surface area contributed by atoms with Crippen LogP contribution in [0.3, 0.4) is 0 Å². The van der Waals surface area contributed by atoms with E-state index in [2.05, 4.69) is 26.6 Å². The number of carbonyl (C=O) groups is 1. The second-order valence-electron chi connectivity index (χ2n) is 3.30. The first kappa shape index (κ1) is 14.0. The summed E-state index contributed by atoms with van der Waals surface area (Å²) in [6, 6.07) is 3.24. The Hall–Kier alpha value is -1.08. The van der Waals surface area contributed by atoms with Crippen LogP contribution in [0.1, 0.15) is 5.56 Å². The number of anilines is 1. The fourth-order valence-corrected chi connectivity index (χ4v) is 1.68. The van der Waals surface area contributed by atoms with Crippen molar-refractivity contribution in [3.05, 3.63) is 28.2 Å². The lowest BCUT2D eigenvalue weighted by Gasteiger charge is -2.11. The maximum atomic E-state index is 12.5. The molecular formula is C10H10BrF3N2O. The molecule has 0 spiro atoms. The van der Waals surface area contributed by atoms with E-state index >= 15 is 0 Å². The van der Waals surface area contributed by atoms with Crippen molar-refractivity contribution in [1.82, 2.24) is 5.32 Å². The SMILES string of the molecule is CNCC(=O)Nc1cc(Br)cc(C(F)(F)F)c1. The maximum absolute atomic E-state index is 12.5. The van der Waals surface area contributed by atoms with Gasteiger partial charge < -0.3 is 10.6 Å². The van der Waals surface area contributed by atoms with E-state index in [0.29, 0.717) is 0 Å². The number of alkyl halides is 3. The molecule has 0 atom stereocenters. The Morgan fingerprint density at radius 2 is 2.00 bits per heavy atom. The van der Waals surface area contributed by atoms with Crippen molar-refractivity contribution in [2.24, 2.45) is 0 Å². The van der Waals surface area contributed by atoms with Crippen LogP contribution in [-0.2, 0) is 11.0 Å². The molecule has 0 fully saturated rings. The predicted molar refractivity (Wildman–Crippen MR) is 61.7 cm³/mol. The van der Waals surface area contributed by atoms with Gasteiger partial charge in [-0.05, 0) is 25.2 Å². The first-order valence-electron chi connectivity index (χ1n) is 4.65. The number of hydrogen-bond acceptors (Lipinski definition) is 2. The van der Waals surface area contributed by atoms with E-state index in [4.69, 9.17) is 0 Å². The summed E-state index contributed by atoms with van der Waals surface area (Å²) in [5.41, 5.74) is -0.710. The molecule has 1 aromatic carbocycles. The highest BCUT2D eigenvalue weighted by Gasteiger charge is 2.31. The largest absolute Gasteiger partial charge is 0.416 e. The Bertz CT molecular complexity index is 421. The zero-order valence-corrected chi connectivity index (χ0v) is 10.4. The van der Waals surface area contributed by atoms with Crippen LogP contribution in [0.25, 0.3) is 0 Å². The van der Waals surface area contributed by atoms with Crippen LogP contribution in [0.2, 0.25) is 0 Å². The number of likely N-dealkylation sites (N-methyl/N-ethyl adjacent to an activating group) is 1. The minimum atomic E-state index is -4.44. The molecule has 2 N–H and O–H groups in total. The number of benzene rings is 1. The molecule has 7 heteroatoms. The summed E-state index contributed by atoms with van der Waals surface area (Å²) in [6.45, 7) is 0.0356. The summed E-state index contributed by atoms with van der Waals surface area (Å²) >= 11 is 2.97. The third kappa shape index (κ3) is 4.35. The number of hydrogen-bond donors (Lipinski definition) is 2. The number of amides is 1. The highest BCUT2D eigenvalue weighted by Crippen LogP contribution is 2.33. The molecule has 1 aromatic rings. The van der Waals surface area contributed by atoms with Crippen molar-refractivity contribution in [1.29, 1.82) is 0 Å². The van der Waals surface area contributed by atoms with Gasteiger partial charge in [-0.3, -0.25) is 4.79 Å². The molecule has 0 aliphatic rings. The van der Waals surface area contributed by atoms with Crippen LogP contribution in [0.4, 0.5) is 18.9 Å². The summed E-state index contributed by atoms with van der Waals surface area (Å²) in [6.07, 6.45) is -4.44. The van der Waals surface area contributed by atoms with Gasteiger partial charge >= 0.3 is 6.18 Å². The standard InChI is InChI=1S/C10H10BrF3N2O/c1-15-5-9(17)16-8-3-6(10(12,13)14)2-7(11)4-8/h2-4,15H,5H2,1H3,(H,16,17). The Kier molecular flexibility index (Phi) is 4.53. The average molecular weight is 311 g/mol. The zero-order chi connectivity index (χ0) is 13.1. The lowest BCUT2D eigenvalue weighted by molar-refractivity contribution is -0.137. The summed E-state index contributed by atoms with van der Waals surface area (Å²) in [4.78, 5) is 11.2. The zero-order valence-electron chi connectivity index (χ0n) is 8.86. The van der Waals surface area contributed by atoms with E-state index in [0.717, 1.165) is 12.1 Å². The molecule has 1 amide bonds. The van der Waals surface area contributed by atoms with Gasteiger partial charge in [0, 0.05) is 10.2 Å². The molecule has 0 aliphatic carbocycles. The number of halogens is 4. The summed E-state index contributed by atoms with van der Waals surface area (Å²) in [5, 5.41) is 4.97. The smallest absolute Gasteiger partial charge is 0.325 e. The molecular weight excluding hydrogens is 301 g/mol. The molecule has 0 radical (unpaired) electrons. The van der Waals surface area contributed by atoms with Crippen LogP contribution < -0.4 is 10.6 Å². The highest BCUT2D eigenvalue weighted by molar-refractivity contribution is 9.10.